The molecule has 0 aromatic heterocycles. The molecule has 0 radical (unpaired) electrons. The van der Waals surface area contributed by atoms with Crippen molar-refractivity contribution in [3.63, 3.8) is 0 Å². The van der Waals surface area contributed by atoms with Crippen molar-refractivity contribution in [2.45, 2.75) is 32.4 Å². The first-order chi connectivity index (χ1) is 7.54. The van der Waals surface area contributed by atoms with Crippen LogP contribution in [0, 0.1) is 11.6 Å². The largest absolute Gasteiger partial charge is 0.392 e. The van der Waals surface area contributed by atoms with Crippen LogP contribution >= 0.6 is 0 Å². The lowest BCUT2D eigenvalue weighted by atomic mass is 10.1. The predicted molar refractivity (Wildman–Crippen MR) is 59.1 cm³/mol. The Kier molecular flexibility index (Phi) is 4.83. The van der Waals surface area contributed by atoms with Gasteiger partial charge in [-0.3, -0.25) is 0 Å². The molecule has 0 bridgehead atoms. The Morgan fingerprint density at radius 2 is 2.06 bits per heavy atom. The molecule has 0 fully saturated rings. The van der Waals surface area contributed by atoms with E-state index in [4.69, 9.17) is 0 Å². The number of hydrogen-bond acceptors (Lipinski definition) is 2. The fourth-order valence-corrected chi connectivity index (χ4v) is 1.41. The van der Waals surface area contributed by atoms with E-state index in [0.29, 0.717) is 13.0 Å². The number of benzene rings is 1. The Bertz CT molecular complexity index is 344. The minimum Gasteiger partial charge on any atom is -0.392 e. The summed E-state index contributed by atoms with van der Waals surface area (Å²) in [4.78, 5) is 0. The number of aliphatic hydroxyl groups is 1. The summed E-state index contributed by atoms with van der Waals surface area (Å²) in [5, 5.41) is 12.3. The Morgan fingerprint density at radius 3 is 2.69 bits per heavy atom. The first kappa shape index (κ1) is 13.1. The highest BCUT2D eigenvalue weighted by molar-refractivity contribution is 5.21. The first-order valence-electron chi connectivity index (χ1n) is 5.41. The zero-order valence-electron chi connectivity index (χ0n) is 9.50. The van der Waals surface area contributed by atoms with E-state index < -0.39 is 17.7 Å². The average molecular weight is 229 g/mol. The van der Waals surface area contributed by atoms with Crippen LogP contribution in [0.1, 0.15) is 31.9 Å². The molecule has 0 heterocycles. The molecule has 1 aromatic rings. The molecule has 0 amide bonds. The summed E-state index contributed by atoms with van der Waals surface area (Å²) < 4.78 is 26.3. The smallest absolute Gasteiger partial charge is 0.128 e. The quantitative estimate of drug-likeness (QED) is 0.812. The van der Waals surface area contributed by atoms with Gasteiger partial charge in [0.2, 0.25) is 0 Å². The number of hydrogen-bond donors (Lipinski definition) is 2. The van der Waals surface area contributed by atoms with Gasteiger partial charge in [0.25, 0.3) is 0 Å². The highest BCUT2D eigenvalue weighted by atomic mass is 19.1. The van der Waals surface area contributed by atoms with Gasteiger partial charge in [0.05, 0.1) is 6.10 Å². The SMILES string of the molecule is CCC(O)CNC(C)c1cc(F)ccc1F. The fraction of sp³-hybridized carbons (Fsp3) is 0.500. The van der Waals surface area contributed by atoms with Gasteiger partial charge in [-0.2, -0.15) is 0 Å². The van der Waals surface area contributed by atoms with E-state index in [0.717, 1.165) is 12.1 Å². The number of aliphatic hydroxyl groups excluding tert-OH is 1. The summed E-state index contributed by atoms with van der Waals surface area (Å²) in [7, 11) is 0. The summed E-state index contributed by atoms with van der Waals surface area (Å²) in [6.07, 6.45) is 0.171. The van der Waals surface area contributed by atoms with Gasteiger partial charge in [-0.05, 0) is 31.5 Å². The summed E-state index contributed by atoms with van der Waals surface area (Å²) in [6.45, 7) is 3.97. The van der Waals surface area contributed by atoms with Crippen LogP contribution in [-0.2, 0) is 0 Å². The fourth-order valence-electron chi connectivity index (χ4n) is 1.41. The van der Waals surface area contributed by atoms with E-state index in [1.165, 1.54) is 6.07 Å². The Balaban J connectivity index is 2.65. The molecule has 4 heteroatoms. The van der Waals surface area contributed by atoms with Crippen molar-refractivity contribution >= 4 is 0 Å². The zero-order chi connectivity index (χ0) is 12.1. The maximum Gasteiger partial charge on any atom is 0.128 e. The van der Waals surface area contributed by atoms with Gasteiger partial charge in [-0.25, -0.2) is 8.78 Å². The third kappa shape index (κ3) is 3.54. The maximum atomic E-state index is 13.4. The molecule has 0 saturated heterocycles. The van der Waals surface area contributed by atoms with Crippen LogP contribution in [0.4, 0.5) is 8.78 Å². The minimum atomic E-state index is -0.459. The van der Waals surface area contributed by atoms with Crippen molar-refractivity contribution in [2.24, 2.45) is 0 Å². The molecule has 0 spiro atoms. The highest BCUT2D eigenvalue weighted by Gasteiger charge is 2.12. The normalized spacial score (nSPS) is 14.8. The van der Waals surface area contributed by atoms with E-state index in [1.54, 1.807) is 6.92 Å². The van der Waals surface area contributed by atoms with Crippen molar-refractivity contribution < 1.29 is 13.9 Å². The summed E-state index contributed by atoms with van der Waals surface area (Å²) in [5.41, 5.74) is 0.281. The lowest BCUT2D eigenvalue weighted by molar-refractivity contribution is 0.163. The molecule has 0 aliphatic heterocycles. The molecular weight excluding hydrogens is 212 g/mol. The summed E-state index contributed by atoms with van der Waals surface area (Å²) >= 11 is 0. The second-order valence-corrected chi connectivity index (χ2v) is 3.86. The Hall–Kier alpha value is -1.00. The van der Waals surface area contributed by atoms with Gasteiger partial charge in [-0.15, -0.1) is 0 Å². The standard InChI is InChI=1S/C12H17F2NO/c1-3-10(16)7-15-8(2)11-6-9(13)4-5-12(11)14/h4-6,8,10,15-16H,3,7H2,1-2H3. The van der Waals surface area contributed by atoms with Crippen molar-refractivity contribution in [2.75, 3.05) is 6.54 Å². The van der Waals surface area contributed by atoms with E-state index in [-0.39, 0.29) is 11.6 Å². The van der Waals surface area contributed by atoms with E-state index in [2.05, 4.69) is 5.32 Å². The van der Waals surface area contributed by atoms with Crippen LogP contribution in [0.25, 0.3) is 0 Å². The molecule has 2 unspecified atom stereocenters. The molecule has 2 atom stereocenters. The lowest BCUT2D eigenvalue weighted by Gasteiger charge is -2.17. The van der Waals surface area contributed by atoms with Gasteiger partial charge in [0, 0.05) is 18.2 Å². The molecule has 90 valence electrons. The lowest BCUT2D eigenvalue weighted by Crippen LogP contribution is -2.29. The van der Waals surface area contributed by atoms with Crippen LogP contribution < -0.4 is 5.32 Å². The number of nitrogens with one attached hydrogen (secondary N) is 1. The van der Waals surface area contributed by atoms with Crippen LogP contribution in [0.5, 0.6) is 0 Å². The molecule has 2 nitrogen and oxygen atoms in total. The first-order valence-corrected chi connectivity index (χ1v) is 5.41. The van der Waals surface area contributed by atoms with Gasteiger partial charge < -0.3 is 10.4 Å². The Labute approximate surface area is 94.3 Å². The topological polar surface area (TPSA) is 32.3 Å². The molecule has 0 aliphatic rings. The van der Waals surface area contributed by atoms with E-state index in [9.17, 15) is 13.9 Å². The molecular formula is C12H17F2NO. The van der Waals surface area contributed by atoms with Crippen molar-refractivity contribution in [3.8, 4) is 0 Å². The molecule has 2 N–H and O–H groups in total. The zero-order valence-corrected chi connectivity index (χ0v) is 9.50. The minimum absolute atomic E-state index is 0.281. The van der Waals surface area contributed by atoms with Crippen LogP contribution in [0.15, 0.2) is 18.2 Å². The van der Waals surface area contributed by atoms with Gasteiger partial charge in [0.15, 0.2) is 0 Å². The van der Waals surface area contributed by atoms with E-state index in [1.807, 2.05) is 6.92 Å². The van der Waals surface area contributed by atoms with Crippen LogP contribution in [-0.4, -0.2) is 17.8 Å². The van der Waals surface area contributed by atoms with Crippen molar-refractivity contribution in [3.05, 3.63) is 35.4 Å². The molecule has 1 rings (SSSR count). The van der Waals surface area contributed by atoms with E-state index >= 15 is 0 Å². The maximum absolute atomic E-state index is 13.4. The van der Waals surface area contributed by atoms with Crippen LogP contribution in [0.2, 0.25) is 0 Å². The number of halogens is 2. The summed E-state index contributed by atoms with van der Waals surface area (Å²) in [6, 6.07) is 3.05. The monoisotopic (exact) mass is 229 g/mol. The Morgan fingerprint density at radius 1 is 1.38 bits per heavy atom. The van der Waals surface area contributed by atoms with Crippen molar-refractivity contribution in [1.82, 2.24) is 5.32 Å². The number of rotatable bonds is 5. The predicted octanol–water partition coefficient (Wildman–Crippen LogP) is 2.39. The summed E-state index contributed by atoms with van der Waals surface area (Å²) in [5.74, 6) is -0.895. The molecule has 0 aliphatic carbocycles. The second kappa shape index (κ2) is 5.92. The average Bonchev–Trinajstić information content (AvgIpc) is 2.28. The third-order valence-corrected chi connectivity index (χ3v) is 2.56. The second-order valence-electron chi connectivity index (χ2n) is 3.86. The van der Waals surface area contributed by atoms with Gasteiger partial charge in [0.1, 0.15) is 11.6 Å². The van der Waals surface area contributed by atoms with Crippen LogP contribution in [0.3, 0.4) is 0 Å². The molecule has 16 heavy (non-hydrogen) atoms. The van der Waals surface area contributed by atoms with Gasteiger partial charge >= 0.3 is 0 Å². The van der Waals surface area contributed by atoms with Gasteiger partial charge in [-0.1, -0.05) is 6.92 Å². The third-order valence-electron chi connectivity index (χ3n) is 2.56. The highest BCUT2D eigenvalue weighted by Crippen LogP contribution is 2.17. The molecule has 0 saturated carbocycles. The molecule has 1 aromatic carbocycles. The van der Waals surface area contributed by atoms with Crippen molar-refractivity contribution in [1.29, 1.82) is 0 Å².